The molecule has 122 valence electrons. The van der Waals surface area contributed by atoms with E-state index in [9.17, 15) is 9.18 Å². The van der Waals surface area contributed by atoms with Crippen LogP contribution in [0.1, 0.15) is 10.4 Å². The van der Waals surface area contributed by atoms with Crippen molar-refractivity contribution in [2.45, 2.75) is 0 Å². The summed E-state index contributed by atoms with van der Waals surface area (Å²) in [6.45, 7) is 0. The Morgan fingerprint density at radius 2 is 1.75 bits per heavy atom. The minimum absolute atomic E-state index is 0.0335. The fourth-order valence-electron chi connectivity index (χ4n) is 1.91. The van der Waals surface area contributed by atoms with Crippen molar-refractivity contribution in [3.05, 3.63) is 62.8 Å². The van der Waals surface area contributed by atoms with Crippen molar-refractivity contribution >= 4 is 46.7 Å². The first kappa shape index (κ1) is 16.7. The Bertz CT molecular complexity index is 910. The number of halogens is 4. The first-order valence-corrected chi connectivity index (χ1v) is 7.62. The molecule has 3 rings (SSSR count). The second-order valence-electron chi connectivity index (χ2n) is 4.65. The maximum absolute atomic E-state index is 13.0. The Hall–Kier alpha value is -2.15. The van der Waals surface area contributed by atoms with E-state index in [0.29, 0.717) is 15.6 Å². The van der Waals surface area contributed by atoms with Gasteiger partial charge in [-0.1, -0.05) is 39.9 Å². The van der Waals surface area contributed by atoms with Crippen LogP contribution < -0.4 is 5.32 Å². The molecule has 0 fully saturated rings. The van der Waals surface area contributed by atoms with Crippen molar-refractivity contribution in [1.82, 2.24) is 10.2 Å². The molecule has 1 N–H and O–H groups in total. The summed E-state index contributed by atoms with van der Waals surface area (Å²) in [6, 6.07) is 7.99. The van der Waals surface area contributed by atoms with E-state index in [4.69, 9.17) is 39.2 Å². The average molecular weight is 387 g/mol. The zero-order valence-electron chi connectivity index (χ0n) is 11.7. The zero-order valence-corrected chi connectivity index (χ0v) is 14.0. The van der Waals surface area contributed by atoms with E-state index in [1.54, 1.807) is 18.2 Å². The fourth-order valence-corrected chi connectivity index (χ4v) is 2.68. The SMILES string of the molecule is O=C(Nc1nnc(-c2cc(Cl)cc(Cl)c2)o1)c1ccc(F)cc1Cl. The standard InChI is InChI=1S/C15H7Cl3FN3O2/c16-8-3-7(4-9(17)5-8)14-21-22-15(24-14)20-13(23)11-2-1-10(19)6-12(11)18/h1-6H,(H,20,22,23). The van der Waals surface area contributed by atoms with E-state index in [1.165, 1.54) is 6.07 Å². The molecular formula is C15H7Cl3FN3O2. The quantitative estimate of drug-likeness (QED) is 0.681. The lowest BCUT2D eigenvalue weighted by Gasteiger charge is -2.03. The van der Waals surface area contributed by atoms with Gasteiger partial charge in [-0.25, -0.2) is 4.39 Å². The van der Waals surface area contributed by atoms with Crippen LogP contribution in [0.3, 0.4) is 0 Å². The van der Waals surface area contributed by atoms with Gasteiger partial charge in [-0.2, -0.15) is 0 Å². The Labute approximate surface area is 150 Å². The Morgan fingerprint density at radius 3 is 2.42 bits per heavy atom. The number of anilines is 1. The molecule has 0 spiro atoms. The number of hydrogen-bond donors (Lipinski definition) is 1. The Morgan fingerprint density at radius 1 is 1.04 bits per heavy atom. The molecule has 0 aliphatic carbocycles. The number of benzene rings is 2. The number of nitrogens with zero attached hydrogens (tertiary/aromatic N) is 2. The molecule has 0 saturated heterocycles. The lowest BCUT2D eigenvalue weighted by atomic mass is 10.2. The number of amides is 1. The molecule has 0 aliphatic heterocycles. The normalized spacial score (nSPS) is 10.7. The Balaban J connectivity index is 1.82. The smallest absolute Gasteiger partial charge is 0.322 e. The molecule has 1 heterocycles. The minimum atomic E-state index is -0.612. The van der Waals surface area contributed by atoms with Crippen LogP contribution >= 0.6 is 34.8 Å². The van der Waals surface area contributed by atoms with Crippen molar-refractivity contribution in [2.24, 2.45) is 0 Å². The van der Waals surface area contributed by atoms with E-state index >= 15 is 0 Å². The van der Waals surface area contributed by atoms with Crippen LogP contribution in [-0.4, -0.2) is 16.1 Å². The summed E-state index contributed by atoms with van der Waals surface area (Å²) in [4.78, 5) is 12.1. The van der Waals surface area contributed by atoms with Gasteiger partial charge < -0.3 is 4.42 Å². The van der Waals surface area contributed by atoms with Gasteiger partial charge in [0.1, 0.15) is 5.82 Å². The van der Waals surface area contributed by atoms with Gasteiger partial charge in [-0.05, 0) is 36.4 Å². The van der Waals surface area contributed by atoms with Crippen molar-refractivity contribution < 1.29 is 13.6 Å². The van der Waals surface area contributed by atoms with Crippen LogP contribution in [0.25, 0.3) is 11.5 Å². The van der Waals surface area contributed by atoms with Crippen LogP contribution in [0.5, 0.6) is 0 Å². The van der Waals surface area contributed by atoms with Gasteiger partial charge in [-0.15, -0.1) is 5.10 Å². The summed E-state index contributed by atoms with van der Waals surface area (Å²) in [5.74, 6) is -1.03. The summed E-state index contributed by atoms with van der Waals surface area (Å²) < 4.78 is 18.4. The first-order chi connectivity index (χ1) is 11.4. The lowest BCUT2D eigenvalue weighted by Crippen LogP contribution is -2.12. The maximum Gasteiger partial charge on any atom is 0.322 e. The van der Waals surface area contributed by atoms with Gasteiger partial charge in [0.2, 0.25) is 5.89 Å². The molecule has 0 radical (unpaired) electrons. The van der Waals surface area contributed by atoms with E-state index in [-0.39, 0.29) is 22.5 Å². The second kappa shape index (κ2) is 6.76. The molecule has 5 nitrogen and oxygen atoms in total. The van der Waals surface area contributed by atoms with Crippen molar-refractivity contribution in [2.75, 3.05) is 5.32 Å². The van der Waals surface area contributed by atoms with Crippen LogP contribution in [0, 0.1) is 5.82 Å². The Kier molecular flexibility index (Phi) is 4.71. The minimum Gasteiger partial charge on any atom is -0.403 e. The summed E-state index contributed by atoms with van der Waals surface area (Å²) in [6.07, 6.45) is 0. The molecule has 9 heteroatoms. The molecule has 0 saturated carbocycles. The maximum atomic E-state index is 13.0. The highest BCUT2D eigenvalue weighted by atomic mass is 35.5. The van der Waals surface area contributed by atoms with E-state index in [1.807, 2.05) is 0 Å². The number of nitrogens with one attached hydrogen (secondary N) is 1. The predicted molar refractivity (Wildman–Crippen MR) is 89.1 cm³/mol. The first-order valence-electron chi connectivity index (χ1n) is 6.49. The third-order valence-corrected chi connectivity index (χ3v) is 3.68. The monoisotopic (exact) mass is 385 g/mol. The van der Waals surface area contributed by atoms with Gasteiger partial charge in [0.25, 0.3) is 5.91 Å². The summed E-state index contributed by atoms with van der Waals surface area (Å²) in [5.41, 5.74) is 0.573. The molecule has 1 amide bonds. The third kappa shape index (κ3) is 3.67. The second-order valence-corrected chi connectivity index (χ2v) is 5.93. The van der Waals surface area contributed by atoms with E-state index < -0.39 is 11.7 Å². The number of hydrogen-bond acceptors (Lipinski definition) is 4. The third-order valence-electron chi connectivity index (χ3n) is 2.93. The van der Waals surface area contributed by atoms with Crippen LogP contribution in [-0.2, 0) is 0 Å². The van der Waals surface area contributed by atoms with E-state index in [0.717, 1.165) is 12.1 Å². The highest BCUT2D eigenvalue weighted by molar-refractivity contribution is 6.35. The van der Waals surface area contributed by atoms with Gasteiger partial charge in [0.05, 0.1) is 10.6 Å². The zero-order chi connectivity index (χ0) is 17.3. The molecule has 0 aliphatic rings. The van der Waals surface area contributed by atoms with Gasteiger partial charge in [0.15, 0.2) is 0 Å². The van der Waals surface area contributed by atoms with Crippen LogP contribution in [0.4, 0.5) is 10.4 Å². The molecule has 2 aromatic carbocycles. The number of carbonyl (C=O) groups is 1. The summed E-state index contributed by atoms with van der Waals surface area (Å²) >= 11 is 17.7. The average Bonchev–Trinajstić information content (AvgIpc) is 2.94. The highest BCUT2D eigenvalue weighted by Gasteiger charge is 2.16. The number of carbonyl (C=O) groups excluding carboxylic acids is 1. The highest BCUT2D eigenvalue weighted by Crippen LogP contribution is 2.27. The summed E-state index contributed by atoms with van der Waals surface area (Å²) in [7, 11) is 0. The molecule has 1 aromatic heterocycles. The van der Waals surface area contributed by atoms with E-state index in [2.05, 4.69) is 15.5 Å². The topological polar surface area (TPSA) is 68.0 Å². The van der Waals surface area contributed by atoms with Crippen LogP contribution in [0.15, 0.2) is 40.8 Å². The van der Waals surface area contributed by atoms with Crippen molar-refractivity contribution in [3.8, 4) is 11.5 Å². The summed E-state index contributed by atoms with van der Waals surface area (Å²) in [5, 5.41) is 10.7. The lowest BCUT2D eigenvalue weighted by molar-refractivity contribution is 0.102. The van der Waals surface area contributed by atoms with Gasteiger partial charge >= 0.3 is 6.01 Å². The fraction of sp³-hybridized carbons (Fsp3) is 0. The molecule has 0 unspecified atom stereocenters. The number of aromatic nitrogens is 2. The van der Waals surface area contributed by atoms with Gasteiger partial charge in [-0.3, -0.25) is 10.1 Å². The van der Waals surface area contributed by atoms with Gasteiger partial charge in [0, 0.05) is 15.6 Å². The molecule has 0 atom stereocenters. The predicted octanol–water partition coefficient (Wildman–Crippen LogP) is 5.09. The largest absolute Gasteiger partial charge is 0.403 e. The molecular weight excluding hydrogens is 380 g/mol. The van der Waals surface area contributed by atoms with Crippen LogP contribution in [0.2, 0.25) is 15.1 Å². The molecule has 0 bridgehead atoms. The number of rotatable bonds is 3. The van der Waals surface area contributed by atoms with Crippen molar-refractivity contribution in [1.29, 1.82) is 0 Å². The van der Waals surface area contributed by atoms with Crippen molar-refractivity contribution in [3.63, 3.8) is 0 Å². The molecule has 3 aromatic rings. The molecule has 24 heavy (non-hydrogen) atoms.